The summed E-state index contributed by atoms with van der Waals surface area (Å²) in [4.78, 5) is 0. The lowest BCUT2D eigenvalue weighted by atomic mass is 10.0. The number of nitrogens with one attached hydrogen (secondary N) is 1. The highest BCUT2D eigenvalue weighted by molar-refractivity contribution is 5.97. The Morgan fingerprint density at radius 1 is 1.43 bits per heavy atom. The molecule has 0 radical (unpaired) electrons. The van der Waals surface area contributed by atoms with E-state index in [4.69, 9.17) is 15.7 Å². The monoisotopic (exact) mass is 295 g/mol. The molecule has 0 saturated heterocycles. The highest BCUT2D eigenvalue weighted by Crippen LogP contribution is 2.20. The molecule has 1 rings (SSSR count). The molecule has 1 aromatic carbocycles. The molecule has 0 saturated carbocycles. The second-order valence-corrected chi connectivity index (χ2v) is 5.40. The Kier molecular flexibility index (Phi) is 6.98. The van der Waals surface area contributed by atoms with Crippen LogP contribution in [0.3, 0.4) is 0 Å². The van der Waals surface area contributed by atoms with Gasteiger partial charge in [-0.05, 0) is 30.5 Å². The van der Waals surface area contributed by atoms with E-state index in [-0.39, 0.29) is 18.5 Å². The van der Waals surface area contributed by atoms with Crippen molar-refractivity contribution in [3.05, 3.63) is 29.3 Å². The maximum absolute atomic E-state index is 9.39. The number of nitrogens with two attached hydrogens (primary N) is 1. The summed E-state index contributed by atoms with van der Waals surface area (Å²) < 4.78 is 5.32. The lowest BCUT2D eigenvalue weighted by Crippen LogP contribution is -2.33. The number of hydrogen-bond acceptors (Lipinski definition) is 5. The molecule has 5 N–H and O–H groups in total. The smallest absolute Gasteiger partial charge is 0.170 e. The topological polar surface area (TPSA) is 100 Å². The number of rotatable bonds is 8. The van der Waals surface area contributed by atoms with Gasteiger partial charge in [0.1, 0.15) is 5.75 Å². The van der Waals surface area contributed by atoms with Crippen molar-refractivity contribution in [1.82, 2.24) is 5.32 Å². The van der Waals surface area contributed by atoms with Crippen LogP contribution < -0.4 is 15.8 Å². The lowest BCUT2D eigenvalue weighted by molar-refractivity contribution is 0.223. The maximum Gasteiger partial charge on any atom is 0.170 e. The predicted molar refractivity (Wildman–Crippen MR) is 82.7 cm³/mol. The van der Waals surface area contributed by atoms with Crippen LogP contribution in [0, 0.1) is 5.92 Å². The van der Waals surface area contributed by atoms with Crippen LogP contribution in [0.5, 0.6) is 5.75 Å². The van der Waals surface area contributed by atoms with Crippen LogP contribution in [0.4, 0.5) is 0 Å². The third kappa shape index (κ3) is 5.24. The summed E-state index contributed by atoms with van der Waals surface area (Å²) in [6, 6.07) is 5.35. The van der Waals surface area contributed by atoms with Crippen LogP contribution in [0.25, 0.3) is 0 Å². The quantitative estimate of drug-likeness (QED) is 0.251. The van der Waals surface area contributed by atoms with Crippen LogP contribution in [0.1, 0.15) is 31.4 Å². The molecule has 0 aliphatic carbocycles. The maximum atomic E-state index is 9.39. The zero-order valence-corrected chi connectivity index (χ0v) is 12.8. The summed E-state index contributed by atoms with van der Waals surface area (Å²) in [5.74, 6) is 1.28. The lowest BCUT2D eigenvalue weighted by Gasteiger charge is -2.19. The first-order chi connectivity index (χ1) is 10.0. The summed E-state index contributed by atoms with van der Waals surface area (Å²) in [7, 11) is 1.60. The normalized spacial score (nSPS) is 13.5. The second kappa shape index (κ2) is 8.49. The van der Waals surface area contributed by atoms with Gasteiger partial charge in [-0.15, -0.1) is 0 Å². The Morgan fingerprint density at radius 3 is 2.67 bits per heavy atom. The molecule has 0 aliphatic heterocycles. The molecule has 1 unspecified atom stereocenters. The van der Waals surface area contributed by atoms with Gasteiger partial charge in [0.15, 0.2) is 5.84 Å². The zero-order chi connectivity index (χ0) is 15.8. The summed E-state index contributed by atoms with van der Waals surface area (Å²) in [5, 5.41) is 24.4. The molecule has 0 heterocycles. The van der Waals surface area contributed by atoms with Crippen molar-refractivity contribution in [2.75, 3.05) is 13.7 Å². The van der Waals surface area contributed by atoms with Crippen molar-refractivity contribution in [3.8, 4) is 5.75 Å². The van der Waals surface area contributed by atoms with Gasteiger partial charge in [-0.2, -0.15) is 0 Å². The minimum atomic E-state index is 0.0298. The van der Waals surface area contributed by atoms with E-state index in [1.807, 2.05) is 6.07 Å². The van der Waals surface area contributed by atoms with Crippen molar-refractivity contribution >= 4 is 5.84 Å². The van der Waals surface area contributed by atoms with E-state index < -0.39 is 0 Å². The van der Waals surface area contributed by atoms with Gasteiger partial charge < -0.3 is 26.1 Å². The minimum absolute atomic E-state index is 0.0298. The average molecular weight is 295 g/mol. The second-order valence-electron chi connectivity index (χ2n) is 5.40. The van der Waals surface area contributed by atoms with Crippen molar-refractivity contribution in [2.45, 2.75) is 32.9 Å². The van der Waals surface area contributed by atoms with E-state index in [0.717, 1.165) is 17.7 Å². The minimum Gasteiger partial charge on any atom is -0.496 e. The van der Waals surface area contributed by atoms with Crippen LogP contribution in [-0.2, 0) is 6.54 Å². The number of hydrogen-bond donors (Lipinski definition) is 4. The van der Waals surface area contributed by atoms with Crippen molar-refractivity contribution in [2.24, 2.45) is 16.8 Å². The van der Waals surface area contributed by atoms with E-state index in [2.05, 4.69) is 24.3 Å². The fourth-order valence-corrected chi connectivity index (χ4v) is 2.18. The number of methoxy groups -OCH3 is 1. The first-order valence-electron chi connectivity index (χ1n) is 7.00. The van der Waals surface area contributed by atoms with Crippen molar-refractivity contribution < 1.29 is 15.1 Å². The van der Waals surface area contributed by atoms with E-state index >= 15 is 0 Å². The summed E-state index contributed by atoms with van der Waals surface area (Å²) in [5.41, 5.74) is 7.12. The number of amidine groups is 1. The van der Waals surface area contributed by atoms with E-state index in [9.17, 15) is 5.11 Å². The van der Waals surface area contributed by atoms with E-state index in [1.165, 1.54) is 0 Å². The van der Waals surface area contributed by atoms with Gasteiger partial charge in [-0.25, -0.2) is 0 Å². The average Bonchev–Trinajstić information content (AvgIpc) is 2.49. The van der Waals surface area contributed by atoms with Crippen LogP contribution >= 0.6 is 0 Å². The van der Waals surface area contributed by atoms with Crippen LogP contribution in [0.2, 0.25) is 0 Å². The number of aliphatic hydroxyl groups is 1. The van der Waals surface area contributed by atoms with Gasteiger partial charge in [-0.3, -0.25) is 0 Å². The molecule has 6 heteroatoms. The predicted octanol–water partition coefficient (Wildman–Crippen LogP) is 1.29. The third-order valence-corrected chi connectivity index (χ3v) is 3.24. The van der Waals surface area contributed by atoms with Gasteiger partial charge >= 0.3 is 0 Å². The molecule has 0 amide bonds. The first kappa shape index (κ1) is 17.3. The van der Waals surface area contributed by atoms with Crippen LogP contribution in [0.15, 0.2) is 23.4 Å². The Hall–Kier alpha value is -1.79. The zero-order valence-electron chi connectivity index (χ0n) is 12.8. The molecule has 0 fully saturated rings. The SMILES string of the molecule is COc1ccc(/C(N)=N/O)cc1CNC(CO)CC(C)C. The summed E-state index contributed by atoms with van der Waals surface area (Å²) >= 11 is 0. The van der Waals surface area contributed by atoms with Gasteiger partial charge in [-0.1, -0.05) is 19.0 Å². The molecule has 118 valence electrons. The number of nitrogens with zero attached hydrogens (tertiary/aromatic N) is 1. The fraction of sp³-hybridized carbons (Fsp3) is 0.533. The number of aliphatic hydroxyl groups excluding tert-OH is 1. The van der Waals surface area contributed by atoms with Gasteiger partial charge in [0.25, 0.3) is 0 Å². The molecule has 21 heavy (non-hydrogen) atoms. The third-order valence-electron chi connectivity index (χ3n) is 3.24. The first-order valence-corrected chi connectivity index (χ1v) is 7.00. The largest absolute Gasteiger partial charge is 0.496 e. The van der Waals surface area contributed by atoms with Gasteiger partial charge in [0, 0.05) is 23.7 Å². The van der Waals surface area contributed by atoms with Crippen molar-refractivity contribution in [3.63, 3.8) is 0 Å². The number of ether oxygens (including phenoxy) is 1. The molecule has 0 aliphatic rings. The highest BCUT2D eigenvalue weighted by Gasteiger charge is 2.12. The Balaban J connectivity index is 2.84. The van der Waals surface area contributed by atoms with E-state index in [0.29, 0.717) is 18.0 Å². The molecular formula is C15H25N3O3. The Labute approximate surface area is 125 Å². The summed E-state index contributed by atoms with van der Waals surface area (Å²) in [6.07, 6.45) is 0.888. The van der Waals surface area contributed by atoms with Gasteiger partial charge in [0.05, 0.1) is 13.7 Å². The number of oxime groups is 1. The fourth-order valence-electron chi connectivity index (χ4n) is 2.18. The Morgan fingerprint density at radius 2 is 2.14 bits per heavy atom. The molecule has 6 nitrogen and oxygen atoms in total. The summed E-state index contributed by atoms with van der Waals surface area (Å²) in [6.45, 7) is 4.85. The van der Waals surface area contributed by atoms with Crippen LogP contribution in [-0.4, -0.2) is 35.9 Å². The molecule has 1 atom stereocenters. The standard InChI is InChI=1S/C15H25N3O3/c1-10(2)6-13(9-19)17-8-12-7-11(15(16)18-20)4-5-14(12)21-3/h4-5,7,10,13,17,19-20H,6,8-9H2,1-3H3,(H2,16,18). The van der Waals surface area contributed by atoms with Gasteiger partial charge in [0.2, 0.25) is 0 Å². The van der Waals surface area contributed by atoms with E-state index in [1.54, 1.807) is 19.2 Å². The molecule has 0 aromatic heterocycles. The molecule has 0 spiro atoms. The highest BCUT2D eigenvalue weighted by atomic mass is 16.5. The molecule has 1 aromatic rings. The Bertz CT molecular complexity index is 475. The molecule has 0 bridgehead atoms. The van der Waals surface area contributed by atoms with Crippen molar-refractivity contribution in [1.29, 1.82) is 0 Å². The number of benzene rings is 1. The molecular weight excluding hydrogens is 270 g/mol.